The average Bonchev–Trinajstić information content (AvgIpc) is 3.90. The Morgan fingerprint density at radius 3 is 1.75 bits per heavy atom. The van der Waals surface area contributed by atoms with Crippen LogP contribution in [0.3, 0.4) is 0 Å². The molecule has 7 aromatic carbocycles. The van der Waals surface area contributed by atoms with Crippen LogP contribution in [0.25, 0.3) is 106 Å². The molecule has 0 aliphatic carbocycles. The smallest absolute Gasteiger partial charge is 0.160 e. The Balaban J connectivity index is 1.11. The third-order valence-corrected chi connectivity index (χ3v) is 10.7. The largest absolute Gasteiger partial charge is 0.456 e. The van der Waals surface area contributed by atoms with E-state index in [0.29, 0.717) is 5.82 Å². The van der Waals surface area contributed by atoms with Gasteiger partial charge in [0.25, 0.3) is 0 Å². The number of hydrogen-bond donors (Lipinski definition) is 0. The van der Waals surface area contributed by atoms with Crippen LogP contribution in [0.5, 0.6) is 0 Å². The molecule has 0 spiro atoms. The molecule has 0 N–H and O–H groups in total. The molecule has 5 heteroatoms. The Morgan fingerprint density at radius 2 is 1.00 bits per heavy atom. The van der Waals surface area contributed by atoms with Crippen molar-refractivity contribution < 1.29 is 4.42 Å². The standard InChI is InChI=1S/C51H32N4O/c1-4-15-33(16-5-1)42-32-52-55-49(36-17-6-2-7-18-36)47(38-21-10-11-22-39(38)50(42)55)35-29-27-34(28-30-35)43-31-44(54-51(53-43)37-19-8-3-9-20-37)40-24-14-26-46-48(40)41-23-12-13-25-45(41)56-46/h1-32H. The minimum Gasteiger partial charge on any atom is -0.456 e. The molecule has 56 heavy (non-hydrogen) atoms. The molecule has 0 atom stereocenters. The maximum Gasteiger partial charge on any atom is 0.160 e. The van der Waals surface area contributed by atoms with Crippen molar-refractivity contribution in [3.05, 3.63) is 194 Å². The average molecular weight is 717 g/mol. The highest BCUT2D eigenvalue weighted by Gasteiger charge is 2.22. The Bertz CT molecular complexity index is 3220. The molecule has 262 valence electrons. The fraction of sp³-hybridized carbons (Fsp3) is 0. The van der Waals surface area contributed by atoms with Gasteiger partial charge in [0.15, 0.2) is 5.82 Å². The lowest BCUT2D eigenvalue weighted by Gasteiger charge is -2.18. The van der Waals surface area contributed by atoms with E-state index in [0.717, 1.165) is 94.4 Å². The fourth-order valence-electron chi connectivity index (χ4n) is 8.15. The van der Waals surface area contributed by atoms with Gasteiger partial charge in [-0.05, 0) is 34.7 Å². The topological polar surface area (TPSA) is 56.2 Å². The van der Waals surface area contributed by atoms with Crippen molar-refractivity contribution in [2.45, 2.75) is 0 Å². The van der Waals surface area contributed by atoms with Gasteiger partial charge in [0.05, 0.1) is 28.8 Å². The number of fused-ring (bicyclic) bond motifs is 6. The maximum absolute atomic E-state index is 6.27. The summed E-state index contributed by atoms with van der Waals surface area (Å²) >= 11 is 0. The summed E-state index contributed by atoms with van der Waals surface area (Å²) in [5, 5.41) is 9.51. The van der Waals surface area contributed by atoms with Crippen LogP contribution in [0, 0.1) is 0 Å². The van der Waals surface area contributed by atoms with Crippen molar-refractivity contribution in [2.24, 2.45) is 0 Å². The normalized spacial score (nSPS) is 11.6. The summed E-state index contributed by atoms with van der Waals surface area (Å²) in [5.74, 6) is 0.669. The molecule has 0 aliphatic heterocycles. The lowest BCUT2D eigenvalue weighted by atomic mass is 9.91. The number of pyridine rings is 1. The van der Waals surface area contributed by atoms with Gasteiger partial charge in [-0.15, -0.1) is 0 Å². The molecule has 0 saturated heterocycles. The molecular weight excluding hydrogens is 685 g/mol. The van der Waals surface area contributed by atoms with E-state index in [4.69, 9.17) is 19.5 Å². The van der Waals surface area contributed by atoms with Crippen LogP contribution in [-0.2, 0) is 0 Å². The van der Waals surface area contributed by atoms with Crippen molar-refractivity contribution in [2.75, 3.05) is 0 Å². The first-order chi connectivity index (χ1) is 27.8. The van der Waals surface area contributed by atoms with Crippen LogP contribution in [0.2, 0.25) is 0 Å². The van der Waals surface area contributed by atoms with Gasteiger partial charge in [-0.3, -0.25) is 0 Å². The Hall–Kier alpha value is -7.63. The number of benzene rings is 7. The van der Waals surface area contributed by atoms with Gasteiger partial charge in [-0.1, -0.05) is 170 Å². The quantitative estimate of drug-likeness (QED) is 0.172. The minimum absolute atomic E-state index is 0.669. The summed E-state index contributed by atoms with van der Waals surface area (Å²) in [5.41, 5.74) is 14.0. The summed E-state index contributed by atoms with van der Waals surface area (Å²) in [4.78, 5) is 10.3. The summed E-state index contributed by atoms with van der Waals surface area (Å²) in [6.07, 6.45) is 2.00. The first-order valence-corrected chi connectivity index (χ1v) is 18.8. The molecule has 11 rings (SSSR count). The lowest BCUT2D eigenvalue weighted by Crippen LogP contribution is -2.00. The molecule has 0 radical (unpaired) electrons. The first kappa shape index (κ1) is 31.9. The zero-order chi connectivity index (χ0) is 37.0. The molecule has 0 amide bonds. The van der Waals surface area contributed by atoms with Crippen LogP contribution < -0.4 is 0 Å². The number of aromatic nitrogens is 4. The number of hydrogen-bond acceptors (Lipinski definition) is 4. The summed E-state index contributed by atoms with van der Waals surface area (Å²) in [6, 6.07) is 65.2. The number of nitrogens with zero attached hydrogens (tertiary/aromatic N) is 4. The zero-order valence-electron chi connectivity index (χ0n) is 30.2. The fourth-order valence-corrected chi connectivity index (χ4v) is 8.15. The zero-order valence-corrected chi connectivity index (χ0v) is 30.2. The third-order valence-electron chi connectivity index (χ3n) is 10.7. The number of rotatable bonds is 6. The highest BCUT2D eigenvalue weighted by atomic mass is 16.3. The summed E-state index contributed by atoms with van der Waals surface area (Å²) < 4.78 is 8.40. The van der Waals surface area contributed by atoms with Crippen molar-refractivity contribution in [1.82, 2.24) is 19.6 Å². The van der Waals surface area contributed by atoms with E-state index in [1.807, 2.05) is 48.7 Å². The van der Waals surface area contributed by atoms with Gasteiger partial charge in [0.2, 0.25) is 0 Å². The Morgan fingerprint density at radius 1 is 0.411 bits per heavy atom. The molecule has 4 heterocycles. The predicted octanol–water partition coefficient (Wildman–Crippen LogP) is 13.2. The molecule has 0 bridgehead atoms. The van der Waals surface area contributed by atoms with Gasteiger partial charge in [-0.25, -0.2) is 14.5 Å². The molecule has 0 saturated carbocycles. The Kier molecular flexibility index (Phi) is 7.42. The van der Waals surface area contributed by atoms with Crippen LogP contribution in [-0.4, -0.2) is 19.6 Å². The van der Waals surface area contributed by atoms with Gasteiger partial charge >= 0.3 is 0 Å². The van der Waals surface area contributed by atoms with Crippen molar-refractivity contribution >= 4 is 38.2 Å². The SMILES string of the molecule is c1ccc(-c2nc(-c3ccc(-c4c(-c5ccccc5)n5ncc(-c6ccccc6)c5c5ccccc45)cc3)cc(-c3cccc4oc5ccccc5c34)n2)cc1. The van der Waals surface area contributed by atoms with Gasteiger partial charge in [0, 0.05) is 49.5 Å². The molecule has 4 aromatic heterocycles. The molecule has 0 aliphatic rings. The van der Waals surface area contributed by atoms with Crippen LogP contribution in [0.4, 0.5) is 0 Å². The van der Waals surface area contributed by atoms with E-state index in [1.54, 1.807) is 0 Å². The lowest BCUT2D eigenvalue weighted by molar-refractivity contribution is 0.669. The maximum atomic E-state index is 6.27. The van der Waals surface area contributed by atoms with E-state index in [-0.39, 0.29) is 0 Å². The second-order valence-corrected chi connectivity index (χ2v) is 14.0. The van der Waals surface area contributed by atoms with E-state index >= 15 is 0 Å². The third kappa shape index (κ3) is 5.21. The van der Waals surface area contributed by atoms with E-state index < -0.39 is 0 Å². The van der Waals surface area contributed by atoms with Crippen molar-refractivity contribution in [3.63, 3.8) is 0 Å². The molecule has 11 aromatic rings. The highest BCUT2D eigenvalue weighted by molar-refractivity contribution is 6.14. The van der Waals surface area contributed by atoms with Crippen LogP contribution in [0.1, 0.15) is 0 Å². The number of para-hydroxylation sites is 1. The second-order valence-electron chi connectivity index (χ2n) is 14.0. The minimum atomic E-state index is 0.669. The van der Waals surface area contributed by atoms with Gasteiger partial charge < -0.3 is 4.42 Å². The number of furan rings is 1. The van der Waals surface area contributed by atoms with E-state index in [1.165, 1.54) is 5.39 Å². The van der Waals surface area contributed by atoms with E-state index in [2.05, 4.69) is 150 Å². The van der Waals surface area contributed by atoms with Crippen molar-refractivity contribution in [3.8, 4) is 67.4 Å². The molecule has 0 fully saturated rings. The first-order valence-electron chi connectivity index (χ1n) is 18.8. The van der Waals surface area contributed by atoms with E-state index in [9.17, 15) is 0 Å². The monoisotopic (exact) mass is 716 g/mol. The molecule has 5 nitrogen and oxygen atoms in total. The summed E-state index contributed by atoms with van der Waals surface area (Å²) in [7, 11) is 0. The van der Waals surface area contributed by atoms with Crippen LogP contribution >= 0.6 is 0 Å². The molecular formula is C51H32N4O. The van der Waals surface area contributed by atoms with Gasteiger partial charge in [0.1, 0.15) is 11.2 Å². The summed E-state index contributed by atoms with van der Waals surface area (Å²) in [6.45, 7) is 0. The predicted molar refractivity (Wildman–Crippen MR) is 228 cm³/mol. The van der Waals surface area contributed by atoms with Crippen LogP contribution in [0.15, 0.2) is 199 Å². The highest BCUT2D eigenvalue weighted by Crippen LogP contribution is 2.43. The van der Waals surface area contributed by atoms with Gasteiger partial charge in [-0.2, -0.15) is 5.10 Å². The Labute approximate surface area is 322 Å². The second kappa shape index (κ2) is 13.0. The molecule has 0 unspecified atom stereocenters. The van der Waals surface area contributed by atoms with Crippen molar-refractivity contribution in [1.29, 1.82) is 0 Å².